The second-order valence-electron chi connectivity index (χ2n) is 11.1. The van der Waals surface area contributed by atoms with Crippen LogP contribution < -0.4 is 0 Å². The molecule has 1 heterocycles. The zero-order valence-electron chi connectivity index (χ0n) is 20.6. The zero-order chi connectivity index (χ0) is 23.5. The van der Waals surface area contributed by atoms with Crippen molar-refractivity contribution in [3.05, 3.63) is 64.2 Å². The minimum atomic E-state index is 0.317. The van der Waals surface area contributed by atoms with Crippen LogP contribution in [0.25, 0.3) is 0 Å². The number of aliphatic imine (C=N–C) groups is 1. The van der Waals surface area contributed by atoms with Crippen LogP contribution in [0.1, 0.15) is 87.8 Å². The fourth-order valence-corrected chi connectivity index (χ4v) is 6.78. The standard InChI is InChI=1S/C31H38ClNO/c1-21-18-26-10-6-7-11-29(26)33-30(21)27-20-23(14-17-28(27)32)19-22-12-15-25(16-13-22)31(34)24-8-4-2-3-5-9-24/h6-7,10-11,14,17,20-22,24-25H,2-5,8-9,12-13,15-16,18-19H2,1H3. The van der Waals surface area contributed by atoms with Gasteiger partial charge < -0.3 is 0 Å². The highest BCUT2D eigenvalue weighted by Gasteiger charge is 2.31. The van der Waals surface area contributed by atoms with Gasteiger partial charge >= 0.3 is 0 Å². The molecular formula is C31H38ClNO. The van der Waals surface area contributed by atoms with Gasteiger partial charge in [-0.05, 0) is 86.6 Å². The van der Waals surface area contributed by atoms with Gasteiger partial charge in [0.25, 0.3) is 0 Å². The number of rotatable bonds is 5. The molecule has 0 spiro atoms. The quantitative estimate of drug-likeness (QED) is 0.398. The Bertz CT molecular complexity index is 1040. The number of para-hydroxylation sites is 1. The summed E-state index contributed by atoms with van der Waals surface area (Å²) in [6, 6.07) is 15.0. The maximum absolute atomic E-state index is 13.1. The van der Waals surface area contributed by atoms with Crippen LogP contribution in [0.15, 0.2) is 47.5 Å². The third-order valence-corrected chi connectivity index (χ3v) is 8.89. The van der Waals surface area contributed by atoms with Crippen LogP contribution in [0.4, 0.5) is 5.69 Å². The Labute approximate surface area is 210 Å². The molecule has 2 fully saturated rings. The molecular weight excluding hydrogens is 438 g/mol. The highest BCUT2D eigenvalue weighted by Crippen LogP contribution is 2.37. The first kappa shape index (κ1) is 23.8. The van der Waals surface area contributed by atoms with Gasteiger partial charge in [-0.2, -0.15) is 0 Å². The lowest BCUT2D eigenvalue weighted by atomic mass is 9.74. The molecule has 3 heteroatoms. The van der Waals surface area contributed by atoms with E-state index in [1.165, 1.54) is 49.7 Å². The number of hydrogen-bond acceptors (Lipinski definition) is 2. The summed E-state index contributed by atoms with van der Waals surface area (Å²) in [5, 5.41) is 0.798. The highest BCUT2D eigenvalue weighted by molar-refractivity contribution is 6.34. The van der Waals surface area contributed by atoms with Gasteiger partial charge in [0.2, 0.25) is 0 Å². The van der Waals surface area contributed by atoms with E-state index in [1.807, 2.05) is 0 Å². The third-order valence-electron chi connectivity index (χ3n) is 8.56. The Hall–Kier alpha value is -1.93. The summed E-state index contributed by atoms with van der Waals surface area (Å²) in [4.78, 5) is 18.1. The van der Waals surface area contributed by atoms with Gasteiger partial charge in [0.15, 0.2) is 0 Å². The summed E-state index contributed by atoms with van der Waals surface area (Å²) >= 11 is 6.69. The van der Waals surface area contributed by atoms with Gasteiger partial charge in [-0.3, -0.25) is 9.79 Å². The zero-order valence-corrected chi connectivity index (χ0v) is 21.3. The lowest BCUT2D eigenvalue weighted by Crippen LogP contribution is -2.28. The maximum atomic E-state index is 13.1. The lowest BCUT2D eigenvalue weighted by Gasteiger charge is -2.30. The lowest BCUT2D eigenvalue weighted by molar-refractivity contribution is -0.128. The van der Waals surface area contributed by atoms with E-state index in [9.17, 15) is 4.79 Å². The molecule has 3 aliphatic rings. The summed E-state index contributed by atoms with van der Waals surface area (Å²) in [5.41, 5.74) is 5.96. The Morgan fingerprint density at radius 1 is 0.912 bits per heavy atom. The van der Waals surface area contributed by atoms with Gasteiger partial charge in [0, 0.05) is 28.3 Å². The average molecular weight is 476 g/mol. The maximum Gasteiger partial charge on any atom is 0.139 e. The Morgan fingerprint density at radius 2 is 1.62 bits per heavy atom. The summed E-state index contributed by atoms with van der Waals surface area (Å²) in [6.45, 7) is 2.25. The number of ketones is 1. The van der Waals surface area contributed by atoms with Crippen molar-refractivity contribution in [3.63, 3.8) is 0 Å². The van der Waals surface area contributed by atoms with E-state index in [-0.39, 0.29) is 0 Å². The van der Waals surface area contributed by atoms with E-state index in [1.54, 1.807) is 0 Å². The van der Waals surface area contributed by atoms with Crippen molar-refractivity contribution in [1.29, 1.82) is 0 Å². The summed E-state index contributed by atoms with van der Waals surface area (Å²) < 4.78 is 0. The Kier molecular flexibility index (Phi) is 7.54. The minimum absolute atomic E-state index is 0.317. The predicted octanol–water partition coefficient (Wildman–Crippen LogP) is 8.54. The molecule has 1 unspecified atom stereocenters. The number of carbonyl (C=O) groups excluding carboxylic acids is 1. The molecule has 180 valence electrons. The van der Waals surface area contributed by atoms with E-state index in [2.05, 4.69) is 49.4 Å². The first-order valence-electron chi connectivity index (χ1n) is 13.6. The molecule has 34 heavy (non-hydrogen) atoms. The van der Waals surface area contributed by atoms with Gasteiger partial charge in [-0.1, -0.05) is 68.5 Å². The average Bonchev–Trinajstić information content (AvgIpc) is 3.15. The molecule has 2 aromatic carbocycles. The summed E-state index contributed by atoms with van der Waals surface area (Å²) in [7, 11) is 0. The minimum Gasteiger partial charge on any atom is -0.299 e. The summed E-state index contributed by atoms with van der Waals surface area (Å²) in [6.07, 6.45) is 14.0. The smallest absolute Gasteiger partial charge is 0.139 e. The topological polar surface area (TPSA) is 29.4 Å². The number of benzene rings is 2. The van der Waals surface area contributed by atoms with Crippen LogP contribution in [0.3, 0.4) is 0 Å². The van der Waals surface area contributed by atoms with Crippen LogP contribution in [-0.2, 0) is 17.6 Å². The van der Waals surface area contributed by atoms with Crippen LogP contribution in [0.5, 0.6) is 0 Å². The molecule has 0 saturated heterocycles. The van der Waals surface area contributed by atoms with E-state index in [0.717, 1.165) is 60.5 Å². The monoisotopic (exact) mass is 475 g/mol. The van der Waals surface area contributed by atoms with Crippen molar-refractivity contribution in [1.82, 2.24) is 0 Å². The second-order valence-corrected chi connectivity index (χ2v) is 11.5. The molecule has 2 aromatic rings. The predicted molar refractivity (Wildman–Crippen MR) is 142 cm³/mol. The first-order chi connectivity index (χ1) is 16.6. The number of nitrogens with zero attached hydrogens (tertiary/aromatic N) is 1. The van der Waals surface area contributed by atoms with E-state index >= 15 is 0 Å². The molecule has 0 N–H and O–H groups in total. The third kappa shape index (κ3) is 5.33. The SMILES string of the molecule is CC1Cc2ccccc2N=C1c1cc(CC2CCC(C(=O)C3CCCCCC3)CC2)ccc1Cl. The number of halogens is 1. The first-order valence-corrected chi connectivity index (χ1v) is 14.0. The highest BCUT2D eigenvalue weighted by atomic mass is 35.5. The van der Waals surface area contributed by atoms with Crippen molar-refractivity contribution in [2.75, 3.05) is 0 Å². The molecule has 1 atom stereocenters. The largest absolute Gasteiger partial charge is 0.299 e. The number of carbonyl (C=O) groups is 1. The molecule has 0 bridgehead atoms. The van der Waals surface area contributed by atoms with Gasteiger partial charge in [0.05, 0.1) is 11.4 Å². The molecule has 2 aliphatic carbocycles. The fraction of sp³-hybridized carbons (Fsp3) is 0.548. The van der Waals surface area contributed by atoms with Crippen molar-refractivity contribution < 1.29 is 4.79 Å². The fourth-order valence-electron chi connectivity index (χ4n) is 6.56. The molecule has 2 nitrogen and oxygen atoms in total. The van der Waals surface area contributed by atoms with Crippen LogP contribution in [-0.4, -0.2) is 11.5 Å². The van der Waals surface area contributed by atoms with Gasteiger partial charge in [-0.25, -0.2) is 0 Å². The number of hydrogen-bond donors (Lipinski definition) is 0. The van der Waals surface area contributed by atoms with Crippen LogP contribution in [0, 0.1) is 23.7 Å². The summed E-state index contributed by atoms with van der Waals surface area (Å²) in [5.74, 6) is 2.29. The number of fused-ring (bicyclic) bond motifs is 1. The van der Waals surface area contributed by atoms with Gasteiger partial charge in [0.1, 0.15) is 5.78 Å². The van der Waals surface area contributed by atoms with E-state index < -0.39 is 0 Å². The van der Waals surface area contributed by atoms with Crippen molar-refractivity contribution in [3.8, 4) is 0 Å². The van der Waals surface area contributed by atoms with Crippen molar-refractivity contribution in [2.45, 2.75) is 84.0 Å². The van der Waals surface area contributed by atoms with E-state index in [0.29, 0.717) is 29.5 Å². The van der Waals surface area contributed by atoms with Crippen LogP contribution in [0.2, 0.25) is 5.02 Å². The Balaban J connectivity index is 1.24. The number of Topliss-reactive ketones (excluding diaryl/α,β-unsaturated/α-hetero) is 1. The van der Waals surface area contributed by atoms with Crippen molar-refractivity contribution in [2.24, 2.45) is 28.7 Å². The molecule has 0 radical (unpaired) electrons. The van der Waals surface area contributed by atoms with E-state index in [4.69, 9.17) is 16.6 Å². The molecule has 0 aromatic heterocycles. The molecule has 2 saturated carbocycles. The van der Waals surface area contributed by atoms with Crippen LogP contribution >= 0.6 is 11.6 Å². The van der Waals surface area contributed by atoms with Crippen molar-refractivity contribution >= 4 is 28.8 Å². The van der Waals surface area contributed by atoms with Gasteiger partial charge in [-0.15, -0.1) is 0 Å². The molecule has 5 rings (SSSR count). The second kappa shape index (κ2) is 10.8. The molecule has 1 aliphatic heterocycles. The molecule has 0 amide bonds. The normalized spacial score (nSPS) is 25.8. The Morgan fingerprint density at radius 3 is 2.38 bits per heavy atom.